The molecular weight excluding hydrogens is 909 g/mol. The fraction of sp³-hybridized carbons (Fsp3) is 0.200. The molecule has 0 bridgehead atoms. The zero-order chi connectivity index (χ0) is 38.0. The van der Waals surface area contributed by atoms with Crippen molar-refractivity contribution in [1.29, 1.82) is 0 Å². The molecule has 1 aliphatic carbocycles. The van der Waals surface area contributed by atoms with Crippen LogP contribution < -0.4 is 4.40 Å². The maximum Gasteiger partial charge on any atom is 0.131 e. The Kier molecular flexibility index (Phi) is 11.6. The number of furan rings is 1. The van der Waals surface area contributed by atoms with Crippen LogP contribution in [-0.4, -0.2) is 23.2 Å². The molecule has 1 aliphatic rings. The molecule has 1 saturated carbocycles. The van der Waals surface area contributed by atoms with E-state index in [1.165, 1.54) is 27.5 Å². The number of benzene rings is 5. The van der Waals surface area contributed by atoms with Crippen LogP contribution in [0.4, 0.5) is 0 Å². The summed E-state index contributed by atoms with van der Waals surface area (Å²) < 4.78 is 17.0. The molecule has 0 unspecified atom stereocenters. The van der Waals surface area contributed by atoms with Crippen molar-refractivity contribution in [2.75, 3.05) is 0 Å². The van der Waals surface area contributed by atoms with E-state index in [9.17, 15) is 0 Å². The van der Waals surface area contributed by atoms with Gasteiger partial charge in [0.1, 0.15) is 5.58 Å². The van der Waals surface area contributed by atoms with Gasteiger partial charge in [-0.05, 0) is 52.6 Å². The van der Waals surface area contributed by atoms with Crippen LogP contribution in [0.15, 0.2) is 144 Å². The molecule has 0 spiro atoms. The number of fused-ring (bicyclic) bond motifs is 3. The predicted octanol–water partition coefficient (Wildman–Crippen LogP) is 13.2. The van der Waals surface area contributed by atoms with Crippen LogP contribution in [0.2, 0.25) is 17.3 Å². The summed E-state index contributed by atoms with van der Waals surface area (Å²) in [4.78, 5) is 9.23. The Labute approximate surface area is 343 Å². The first-order valence-electron chi connectivity index (χ1n) is 19.6. The van der Waals surface area contributed by atoms with Crippen molar-refractivity contribution in [3.63, 3.8) is 0 Å². The van der Waals surface area contributed by atoms with Crippen molar-refractivity contribution in [3.8, 4) is 44.8 Å². The molecule has 0 aliphatic heterocycles. The van der Waals surface area contributed by atoms with Crippen molar-refractivity contribution >= 4 is 39.6 Å². The van der Waals surface area contributed by atoms with E-state index >= 15 is 0 Å². The Balaban J connectivity index is 0.000000225. The topological polar surface area (TPSA) is 38.9 Å². The Bertz CT molecular complexity index is 2570. The van der Waals surface area contributed by atoms with E-state index in [-0.39, 0.29) is 20.1 Å². The van der Waals surface area contributed by atoms with Crippen LogP contribution in [0.1, 0.15) is 50.5 Å². The fourth-order valence-electron chi connectivity index (χ4n) is 7.69. The first-order chi connectivity index (χ1) is 26.7. The van der Waals surface area contributed by atoms with Crippen LogP contribution in [-0.2, 0) is 20.1 Å². The van der Waals surface area contributed by atoms with Gasteiger partial charge in [0.15, 0.2) is 0 Å². The van der Waals surface area contributed by atoms with Gasteiger partial charge in [0.2, 0.25) is 0 Å². The third kappa shape index (κ3) is 8.63. The SMILES string of the molecule is Cc1cc(-c2[c-]cccc2)nc[c]1[Ge]([CH3])([CH3])[CH3].[2H]C1(c2ccnc(-c3[c-]cc4c(c3)oc3c(-c5ccc(-c6ccccc6)cc5)cccc34)c2)CCCCC1.[Ir]. The predicted molar refractivity (Wildman–Crippen MR) is 229 cm³/mol. The third-order valence-corrected chi connectivity index (χ3v) is 15.0. The molecule has 0 amide bonds. The number of para-hydroxylation sites is 1. The third-order valence-electron chi connectivity index (χ3n) is 10.5. The van der Waals surface area contributed by atoms with Gasteiger partial charge < -0.3 is 9.40 Å². The molecule has 3 nitrogen and oxygen atoms in total. The van der Waals surface area contributed by atoms with Crippen molar-refractivity contribution in [1.82, 2.24) is 9.97 Å². The largest absolute Gasteiger partial charge is 0.476 e. The smallest absolute Gasteiger partial charge is 0.131 e. The number of aromatic nitrogens is 2. The molecule has 5 heteroatoms. The van der Waals surface area contributed by atoms with Gasteiger partial charge in [-0.25, -0.2) is 0 Å². The molecule has 5 aromatic carbocycles. The van der Waals surface area contributed by atoms with E-state index in [2.05, 4.69) is 137 Å². The van der Waals surface area contributed by atoms with Crippen LogP contribution in [0.25, 0.3) is 66.7 Å². The van der Waals surface area contributed by atoms with Gasteiger partial charge in [0, 0.05) is 33.2 Å². The average Bonchev–Trinajstić information content (AvgIpc) is 3.60. The number of pyridine rings is 2. The van der Waals surface area contributed by atoms with Crippen molar-refractivity contribution in [3.05, 3.63) is 163 Å². The second kappa shape index (κ2) is 17.0. The summed E-state index contributed by atoms with van der Waals surface area (Å²) in [6.07, 6.45) is 9.21. The molecule has 3 heterocycles. The Hall–Kier alpha value is -4.61. The van der Waals surface area contributed by atoms with E-state index in [0.717, 1.165) is 86.8 Å². The summed E-state index contributed by atoms with van der Waals surface area (Å²) in [7, 11) is 0. The molecule has 277 valence electrons. The molecule has 9 rings (SSSR count). The number of hydrogen-bond donors (Lipinski definition) is 0. The molecule has 0 atom stereocenters. The molecule has 1 fully saturated rings. The minimum atomic E-state index is -1.77. The average molecular weight is 957 g/mol. The van der Waals surface area contributed by atoms with E-state index < -0.39 is 19.2 Å². The minimum absolute atomic E-state index is 0. The normalized spacial score (nSPS) is 14.1. The van der Waals surface area contributed by atoms with Gasteiger partial charge in [0.05, 0.1) is 5.58 Å². The molecule has 0 N–H and O–H groups in total. The van der Waals surface area contributed by atoms with Gasteiger partial charge >= 0.3 is 106 Å². The van der Waals surface area contributed by atoms with E-state index in [1.807, 2.05) is 48.7 Å². The Morgan fingerprint density at radius 1 is 0.691 bits per heavy atom. The second-order valence-corrected chi connectivity index (χ2v) is 25.9. The fourth-order valence-corrected chi connectivity index (χ4v) is 11.3. The standard InChI is InChI=1S/C35H28NO.C15H18GeN.Ir/c1-3-8-24(9-4-1)26-14-16-27(17-15-26)30-12-7-13-32-31-19-18-29(23-34(31)37-35(30)32)33-22-28(20-21-36-33)25-10-5-2-6-11-25;1-12-10-15(13-8-6-5-7-9-13)17-11-14(12)16(2,3)4;/h1,3-4,7-9,12-17,19-23,25H,2,5-6,10-11H2;5-8,10-11H,1-4H3;/q2*-1;/i25D;;. The van der Waals surface area contributed by atoms with Gasteiger partial charge in [-0.1, -0.05) is 115 Å². The van der Waals surface area contributed by atoms with Gasteiger partial charge in [0.25, 0.3) is 0 Å². The maximum absolute atomic E-state index is 9.04. The van der Waals surface area contributed by atoms with Crippen LogP contribution in [0.3, 0.4) is 0 Å². The van der Waals surface area contributed by atoms with Crippen molar-refractivity contribution < 1.29 is 25.9 Å². The van der Waals surface area contributed by atoms with Gasteiger partial charge in [-0.2, -0.15) is 0 Å². The zero-order valence-electron chi connectivity index (χ0n) is 33.0. The first kappa shape index (κ1) is 37.3. The number of aryl methyl sites for hydroxylation is 1. The molecule has 3 aromatic heterocycles. The van der Waals surface area contributed by atoms with E-state index in [4.69, 9.17) is 5.79 Å². The number of hydrogen-bond acceptors (Lipinski definition) is 3. The Morgan fingerprint density at radius 3 is 2.15 bits per heavy atom. The number of nitrogens with zero attached hydrogens (tertiary/aromatic N) is 2. The second-order valence-electron chi connectivity index (χ2n) is 15.4. The molecule has 8 aromatic rings. The molecule has 1 radical (unpaired) electrons. The summed E-state index contributed by atoms with van der Waals surface area (Å²) >= 11 is -1.77. The summed E-state index contributed by atoms with van der Waals surface area (Å²) in [6.45, 7) is 2.19. The van der Waals surface area contributed by atoms with Crippen LogP contribution in [0.5, 0.6) is 0 Å². The molecule has 55 heavy (non-hydrogen) atoms. The molecular formula is C50H46GeIrN2O-2. The Morgan fingerprint density at radius 2 is 1.42 bits per heavy atom. The summed E-state index contributed by atoms with van der Waals surface area (Å²) in [5, 5.41) is 2.13. The maximum atomic E-state index is 9.04. The first-order valence-corrected chi connectivity index (χ1v) is 26.4. The zero-order valence-corrected chi connectivity index (χ0v) is 36.4. The van der Waals surface area contributed by atoms with Crippen LogP contribution >= 0.6 is 0 Å². The van der Waals surface area contributed by atoms with Crippen molar-refractivity contribution in [2.45, 2.75) is 62.2 Å². The summed E-state index contributed by atoms with van der Waals surface area (Å²) in [6, 6.07) is 50.4. The van der Waals surface area contributed by atoms with Gasteiger partial charge in [-0.15, -0.1) is 17.7 Å². The van der Waals surface area contributed by atoms with E-state index in [0.29, 0.717) is 0 Å². The van der Waals surface area contributed by atoms with E-state index in [1.54, 1.807) is 0 Å². The van der Waals surface area contributed by atoms with Gasteiger partial charge in [-0.3, -0.25) is 0 Å². The monoisotopic (exact) mass is 958 g/mol. The quantitative estimate of drug-likeness (QED) is 0.123. The number of rotatable bonds is 6. The summed E-state index contributed by atoms with van der Waals surface area (Å²) in [5.41, 5.74) is 12.6. The van der Waals surface area contributed by atoms with Crippen LogP contribution in [0, 0.1) is 19.1 Å². The minimum Gasteiger partial charge on any atom is -0.476 e. The summed E-state index contributed by atoms with van der Waals surface area (Å²) in [5.74, 6) is 6.69. The molecule has 0 saturated heterocycles. The van der Waals surface area contributed by atoms with Crippen molar-refractivity contribution in [2.24, 2.45) is 0 Å².